The minimum atomic E-state index is -0.273. The maximum absolute atomic E-state index is 13.1. The zero-order chi connectivity index (χ0) is 20.2. The minimum Gasteiger partial charge on any atom is -0.493 e. The molecule has 3 heterocycles. The lowest BCUT2D eigenvalue weighted by Gasteiger charge is -2.13. The van der Waals surface area contributed by atoms with Gasteiger partial charge < -0.3 is 14.8 Å². The summed E-state index contributed by atoms with van der Waals surface area (Å²) in [5, 5.41) is 2.95. The molecule has 1 amide bonds. The van der Waals surface area contributed by atoms with Gasteiger partial charge in [0.25, 0.3) is 5.91 Å². The van der Waals surface area contributed by atoms with Gasteiger partial charge in [-0.05, 0) is 30.3 Å². The predicted octanol–water partition coefficient (Wildman–Crippen LogP) is 3.34. The number of benzene rings is 1. The highest BCUT2D eigenvalue weighted by molar-refractivity contribution is 5.99. The Morgan fingerprint density at radius 3 is 2.62 bits per heavy atom. The molecule has 0 bridgehead atoms. The molecular weight excluding hydrogens is 368 g/mol. The minimum absolute atomic E-state index is 0.273. The number of carbonyl (C=O) groups excluding carboxylic acids is 1. The normalized spacial score (nSPS) is 10.7. The number of aromatic nitrogens is 3. The highest BCUT2D eigenvalue weighted by atomic mass is 16.5. The number of nitrogens with zero attached hydrogens (tertiary/aromatic N) is 3. The van der Waals surface area contributed by atoms with E-state index in [0.717, 1.165) is 16.8 Å². The molecular formula is C22H20N4O3. The van der Waals surface area contributed by atoms with E-state index >= 15 is 0 Å². The molecule has 29 heavy (non-hydrogen) atoms. The first-order valence-electron chi connectivity index (χ1n) is 9.08. The van der Waals surface area contributed by atoms with Crippen LogP contribution in [0.2, 0.25) is 0 Å². The van der Waals surface area contributed by atoms with Crippen LogP contribution in [0.25, 0.3) is 16.9 Å². The van der Waals surface area contributed by atoms with Crippen LogP contribution in [0.4, 0.5) is 0 Å². The first-order valence-corrected chi connectivity index (χ1v) is 9.08. The van der Waals surface area contributed by atoms with Crippen molar-refractivity contribution in [2.75, 3.05) is 14.2 Å². The van der Waals surface area contributed by atoms with Crippen molar-refractivity contribution in [1.29, 1.82) is 0 Å². The van der Waals surface area contributed by atoms with Crippen molar-refractivity contribution in [2.45, 2.75) is 6.54 Å². The first kappa shape index (κ1) is 18.5. The molecule has 0 spiro atoms. The molecule has 7 nitrogen and oxygen atoms in total. The van der Waals surface area contributed by atoms with E-state index in [1.165, 1.54) is 0 Å². The van der Waals surface area contributed by atoms with E-state index in [9.17, 15) is 4.79 Å². The van der Waals surface area contributed by atoms with E-state index in [0.29, 0.717) is 22.8 Å². The lowest BCUT2D eigenvalue weighted by atomic mass is 10.1. The van der Waals surface area contributed by atoms with Gasteiger partial charge in [0.2, 0.25) is 0 Å². The van der Waals surface area contributed by atoms with Crippen LogP contribution in [0.3, 0.4) is 0 Å². The molecule has 1 N–H and O–H groups in total. The number of para-hydroxylation sites is 1. The number of carbonyl (C=O) groups is 1. The summed E-state index contributed by atoms with van der Waals surface area (Å²) >= 11 is 0. The fraction of sp³-hybridized carbons (Fsp3) is 0.136. The van der Waals surface area contributed by atoms with Crippen molar-refractivity contribution < 1.29 is 14.3 Å². The number of rotatable bonds is 6. The Morgan fingerprint density at radius 1 is 1.03 bits per heavy atom. The lowest BCUT2D eigenvalue weighted by molar-refractivity contribution is 0.0947. The molecule has 0 aliphatic carbocycles. The van der Waals surface area contributed by atoms with E-state index in [4.69, 9.17) is 9.47 Å². The molecule has 4 rings (SSSR count). The quantitative estimate of drug-likeness (QED) is 0.548. The number of ether oxygens (including phenoxy) is 2. The van der Waals surface area contributed by atoms with Crippen molar-refractivity contribution >= 4 is 11.6 Å². The van der Waals surface area contributed by atoms with Crippen molar-refractivity contribution in [3.05, 3.63) is 78.4 Å². The largest absolute Gasteiger partial charge is 0.493 e. The number of methoxy groups -OCH3 is 2. The molecule has 4 aromatic rings. The van der Waals surface area contributed by atoms with Gasteiger partial charge in [0, 0.05) is 36.3 Å². The molecule has 0 radical (unpaired) electrons. The van der Waals surface area contributed by atoms with Gasteiger partial charge in [0.1, 0.15) is 5.65 Å². The van der Waals surface area contributed by atoms with Gasteiger partial charge in [-0.1, -0.05) is 18.2 Å². The van der Waals surface area contributed by atoms with Crippen molar-refractivity contribution in [2.24, 2.45) is 0 Å². The zero-order valence-electron chi connectivity index (χ0n) is 16.1. The van der Waals surface area contributed by atoms with Gasteiger partial charge >= 0.3 is 0 Å². The number of amides is 1. The van der Waals surface area contributed by atoms with Crippen LogP contribution < -0.4 is 14.8 Å². The molecule has 0 fully saturated rings. The lowest BCUT2D eigenvalue weighted by Crippen LogP contribution is -2.24. The van der Waals surface area contributed by atoms with Crippen LogP contribution in [0.1, 0.15) is 16.1 Å². The smallest absolute Gasteiger partial charge is 0.272 e. The second-order valence-electron chi connectivity index (χ2n) is 6.31. The number of imidazole rings is 1. The maximum Gasteiger partial charge on any atom is 0.272 e. The molecule has 0 atom stereocenters. The molecule has 0 aliphatic rings. The van der Waals surface area contributed by atoms with Gasteiger partial charge in [-0.3, -0.25) is 14.2 Å². The zero-order valence-corrected chi connectivity index (χ0v) is 16.1. The van der Waals surface area contributed by atoms with Crippen LogP contribution in [-0.4, -0.2) is 34.5 Å². The summed E-state index contributed by atoms with van der Waals surface area (Å²) in [6.07, 6.45) is 5.28. The van der Waals surface area contributed by atoms with E-state index in [-0.39, 0.29) is 12.5 Å². The second kappa shape index (κ2) is 8.02. The summed E-state index contributed by atoms with van der Waals surface area (Å²) in [5.41, 5.74) is 3.45. The van der Waals surface area contributed by atoms with Crippen molar-refractivity contribution in [3.63, 3.8) is 0 Å². The summed E-state index contributed by atoms with van der Waals surface area (Å²) < 4.78 is 12.7. The van der Waals surface area contributed by atoms with Crippen LogP contribution in [-0.2, 0) is 6.54 Å². The van der Waals surface area contributed by atoms with Gasteiger partial charge in [0.15, 0.2) is 17.2 Å². The molecule has 7 heteroatoms. The summed E-state index contributed by atoms with van der Waals surface area (Å²) in [7, 11) is 3.16. The van der Waals surface area contributed by atoms with E-state index < -0.39 is 0 Å². The van der Waals surface area contributed by atoms with Gasteiger partial charge in [0.05, 0.1) is 19.9 Å². The number of pyridine rings is 2. The first-order chi connectivity index (χ1) is 14.2. The molecule has 0 aliphatic heterocycles. The molecule has 0 unspecified atom stereocenters. The van der Waals surface area contributed by atoms with Crippen LogP contribution in [0, 0.1) is 0 Å². The molecule has 0 saturated carbocycles. The third-order valence-corrected chi connectivity index (χ3v) is 4.62. The molecule has 1 aromatic carbocycles. The summed E-state index contributed by atoms with van der Waals surface area (Å²) in [4.78, 5) is 21.7. The van der Waals surface area contributed by atoms with E-state index in [1.54, 1.807) is 26.6 Å². The van der Waals surface area contributed by atoms with Gasteiger partial charge in [-0.2, -0.15) is 0 Å². The Bertz CT molecular complexity index is 1160. The number of fused-ring (bicyclic) bond motifs is 1. The third kappa shape index (κ3) is 3.50. The Balaban J connectivity index is 1.68. The van der Waals surface area contributed by atoms with Crippen molar-refractivity contribution in [1.82, 2.24) is 19.7 Å². The van der Waals surface area contributed by atoms with E-state index in [1.807, 2.05) is 59.1 Å². The molecule has 146 valence electrons. The third-order valence-electron chi connectivity index (χ3n) is 4.62. The van der Waals surface area contributed by atoms with Crippen LogP contribution >= 0.6 is 0 Å². The fourth-order valence-corrected chi connectivity index (χ4v) is 3.29. The molecule has 3 aromatic heterocycles. The number of hydrogen-bond acceptors (Lipinski definition) is 5. The van der Waals surface area contributed by atoms with E-state index in [2.05, 4.69) is 15.3 Å². The summed E-state index contributed by atoms with van der Waals surface area (Å²) in [5.74, 6) is 0.939. The summed E-state index contributed by atoms with van der Waals surface area (Å²) in [6.45, 7) is 0.281. The fourth-order valence-electron chi connectivity index (χ4n) is 3.29. The highest BCUT2D eigenvalue weighted by Gasteiger charge is 2.20. The second-order valence-corrected chi connectivity index (χ2v) is 6.31. The van der Waals surface area contributed by atoms with Crippen LogP contribution in [0.5, 0.6) is 11.5 Å². The number of nitrogens with one attached hydrogen (secondary N) is 1. The number of hydrogen-bond donors (Lipinski definition) is 1. The van der Waals surface area contributed by atoms with Gasteiger partial charge in [-0.15, -0.1) is 0 Å². The Kier molecular flexibility index (Phi) is 5.11. The monoisotopic (exact) mass is 388 g/mol. The topological polar surface area (TPSA) is 77.8 Å². The standard InChI is InChI=1S/C22H20N4O3/c1-28-17-7-5-6-16(21(17)29-2)14-24-22(27)19-20(15-9-11-23-12-10-15)26-13-4-3-8-18(26)25-19/h3-13H,14H2,1-2H3,(H,24,27). The SMILES string of the molecule is COc1cccc(CNC(=O)c2nc3ccccn3c2-c2ccncc2)c1OC. The summed E-state index contributed by atoms with van der Waals surface area (Å²) in [6, 6.07) is 14.9. The highest BCUT2D eigenvalue weighted by Crippen LogP contribution is 2.31. The Morgan fingerprint density at radius 2 is 1.86 bits per heavy atom. The Hall–Kier alpha value is -3.87. The predicted molar refractivity (Wildman–Crippen MR) is 109 cm³/mol. The average molecular weight is 388 g/mol. The van der Waals surface area contributed by atoms with Crippen molar-refractivity contribution in [3.8, 4) is 22.8 Å². The Labute approximate surface area is 168 Å². The van der Waals surface area contributed by atoms with Crippen LogP contribution in [0.15, 0.2) is 67.1 Å². The van der Waals surface area contributed by atoms with Gasteiger partial charge in [-0.25, -0.2) is 4.98 Å². The average Bonchev–Trinajstić information content (AvgIpc) is 3.17. The molecule has 0 saturated heterocycles. The maximum atomic E-state index is 13.1.